The van der Waals surface area contributed by atoms with Gasteiger partial charge in [0.2, 0.25) is 0 Å². The van der Waals surface area contributed by atoms with E-state index in [0.717, 1.165) is 11.1 Å². The third-order valence-corrected chi connectivity index (χ3v) is 11.0. The third-order valence-electron chi connectivity index (χ3n) is 11.0. The average molecular weight is 571 g/mol. The number of ether oxygens (including phenoxy) is 4. The maximum atomic E-state index is 13.1. The second-order valence-corrected chi connectivity index (χ2v) is 13.5. The summed E-state index contributed by atoms with van der Waals surface area (Å²) in [6.07, 6.45) is 5.17. The Hall–Kier alpha value is -3.10. The molecular weight excluding hydrogens is 528 g/mol. The normalized spacial score (nSPS) is 41.0. The molecule has 9 atom stereocenters. The molecule has 2 heterocycles. The topological polar surface area (TPSA) is 118 Å². The summed E-state index contributed by atoms with van der Waals surface area (Å²) in [5, 5.41) is 0. The zero-order valence-corrected chi connectivity index (χ0v) is 25.3. The van der Waals surface area contributed by atoms with Crippen LogP contribution in [0.3, 0.4) is 0 Å². The molecule has 9 heteroatoms. The summed E-state index contributed by atoms with van der Waals surface area (Å²) in [5.74, 6) is -2.37. The lowest BCUT2D eigenvalue weighted by Crippen LogP contribution is -2.69. The average Bonchev–Trinajstić information content (AvgIpc) is 3.47. The Morgan fingerprint density at radius 3 is 1.95 bits per heavy atom. The predicted octanol–water partition coefficient (Wildman–Crippen LogP) is 5.27. The monoisotopic (exact) mass is 570 g/mol. The second-order valence-electron chi connectivity index (χ2n) is 13.5. The minimum atomic E-state index is -0.943. The van der Waals surface area contributed by atoms with Gasteiger partial charge in [0.25, 0.3) is 0 Å². The van der Waals surface area contributed by atoms with Gasteiger partial charge in [0.05, 0.1) is 18.9 Å². The van der Waals surface area contributed by atoms with Gasteiger partial charge in [-0.15, -0.1) is 0 Å². The Morgan fingerprint density at radius 2 is 1.39 bits per heavy atom. The standard InChI is InChI=1S/C32H42O9/c1-17(33)38-25-14-24-31(7,22-10-9-21(30(22,25)6)20-11-12-37-16-20)26(39-18(2)34)13-23-29(4,5)41-28(36)15-27(32(23,24)8)40-19(3)35/h10-12,16,21,23-27H,9,13-15H2,1-8H3/t21-,23-,24+,25-,26+,27-,30-,31-,32-/m0/s1. The molecule has 0 spiro atoms. The van der Waals surface area contributed by atoms with Crippen LogP contribution in [0.4, 0.5) is 0 Å². The number of rotatable bonds is 4. The van der Waals surface area contributed by atoms with Gasteiger partial charge >= 0.3 is 23.9 Å². The van der Waals surface area contributed by atoms with Crippen LogP contribution in [0.15, 0.2) is 34.7 Å². The lowest BCUT2D eigenvalue weighted by Gasteiger charge is -2.67. The van der Waals surface area contributed by atoms with E-state index in [4.69, 9.17) is 23.4 Å². The molecule has 1 aromatic heterocycles. The first-order chi connectivity index (χ1) is 19.1. The van der Waals surface area contributed by atoms with Crippen LogP contribution >= 0.6 is 0 Å². The summed E-state index contributed by atoms with van der Waals surface area (Å²) >= 11 is 0. The van der Waals surface area contributed by atoms with Crippen LogP contribution in [0.1, 0.15) is 92.6 Å². The number of fused-ring (bicyclic) bond motifs is 5. The van der Waals surface area contributed by atoms with Gasteiger partial charge in [-0.3, -0.25) is 19.2 Å². The van der Waals surface area contributed by atoms with Crippen LogP contribution in [-0.4, -0.2) is 47.8 Å². The molecule has 3 aliphatic carbocycles. The third kappa shape index (κ3) is 4.33. The number of hydrogen-bond donors (Lipinski definition) is 0. The van der Waals surface area contributed by atoms with E-state index in [2.05, 4.69) is 26.8 Å². The summed E-state index contributed by atoms with van der Waals surface area (Å²) < 4.78 is 29.8. The van der Waals surface area contributed by atoms with Gasteiger partial charge in [-0.1, -0.05) is 32.4 Å². The molecule has 0 N–H and O–H groups in total. The van der Waals surface area contributed by atoms with Crippen molar-refractivity contribution in [2.24, 2.45) is 28.1 Å². The zero-order chi connectivity index (χ0) is 30.1. The van der Waals surface area contributed by atoms with Crippen LogP contribution < -0.4 is 0 Å². The van der Waals surface area contributed by atoms with Crippen LogP contribution in [0.2, 0.25) is 0 Å². The second kappa shape index (κ2) is 9.73. The molecule has 3 fully saturated rings. The highest BCUT2D eigenvalue weighted by molar-refractivity contribution is 5.73. The van der Waals surface area contributed by atoms with E-state index in [1.165, 1.54) is 20.8 Å². The van der Waals surface area contributed by atoms with Crippen LogP contribution in [-0.2, 0) is 38.1 Å². The van der Waals surface area contributed by atoms with Gasteiger partial charge in [0.15, 0.2) is 0 Å². The molecule has 2 saturated carbocycles. The van der Waals surface area contributed by atoms with Crippen LogP contribution in [0, 0.1) is 28.1 Å². The lowest BCUT2D eigenvalue weighted by atomic mass is 9.39. The van der Waals surface area contributed by atoms with Crippen LogP contribution in [0.25, 0.3) is 0 Å². The highest BCUT2D eigenvalue weighted by Crippen LogP contribution is 2.73. The number of allylic oxidation sites excluding steroid dienone is 1. The molecule has 0 bridgehead atoms. The maximum Gasteiger partial charge on any atom is 0.310 e. The maximum absolute atomic E-state index is 13.1. The molecule has 1 aliphatic heterocycles. The summed E-state index contributed by atoms with van der Waals surface area (Å²) in [4.78, 5) is 50.8. The molecule has 4 aliphatic rings. The molecule has 1 saturated heterocycles. The Balaban J connectivity index is 1.75. The van der Waals surface area contributed by atoms with Crippen molar-refractivity contribution in [3.63, 3.8) is 0 Å². The highest BCUT2D eigenvalue weighted by Gasteiger charge is 2.73. The Bertz CT molecular complexity index is 1280. The van der Waals surface area contributed by atoms with Crippen molar-refractivity contribution >= 4 is 23.9 Å². The quantitative estimate of drug-likeness (QED) is 0.271. The highest BCUT2D eigenvalue weighted by atomic mass is 16.6. The minimum absolute atomic E-state index is 0.0263. The van der Waals surface area contributed by atoms with Gasteiger partial charge in [-0.05, 0) is 50.7 Å². The van der Waals surface area contributed by atoms with Crippen molar-refractivity contribution in [2.45, 2.75) is 111 Å². The van der Waals surface area contributed by atoms with E-state index >= 15 is 0 Å². The number of esters is 4. The molecule has 1 aromatic rings. The summed E-state index contributed by atoms with van der Waals surface area (Å²) in [7, 11) is 0. The van der Waals surface area contributed by atoms with Crippen molar-refractivity contribution in [1.82, 2.24) is 0 Å². The SMILES string of the molecule is CC(=O)O[C@H]1C[C@@H]2[C@](C)(C3=CC[C@@H](c4ccoc4)[C@@]31C)[C@H](OC(C)=O)C[C@H]1C(C)(C)OC(=O)C[C@H](OC(C)=O)[C@]21C. The first-order valence-corrected chi connectivity index (χ1v) is 14.5. The van der Waals surface area contributed by atoms with E-state index < -0.39 is 58.1 Å². The fourth-order valence-corrected chi connectivity index (χ4v) is 9.56. The van der Waals surface area contributed by atoms with E-state index in [9.17, 15) is 19.2 Å². The summed E-state index contributed by atoms with van der Waals surface area (Å²) in [6.45, 7) is 14.2. The minimum Gasteiger partial charge on any atom is -0.472 e. The largest absolute Gasteiger partial charge is 0.472 e. The zero-order valence-electron chi connectivity index (χ0n) is 25.3. The van der Waals surface area contributed by atoms with Gasteiger partial charge in [0.1, 0.15) is 23.9 Å². The molecule has 224 valence electrons. The van der Waals surface area contributed by atoms with Gasteiger partial charge < -0.3 is 23.4 Å². The molecule has 5 rings (SSSR count). The van der Waals surface area contributed by atoms with Gasteiger partial charge in [0, 0.05) is 48.9 Å². The molecule has 9 nitrogen and oxygen atoms in total. The lowest BCUT2D eigenvalue weighted by molar-refractivity contribution is -0.238. The number of carbonyl (C=O) groups excluding carboxylic acids is 4. The predicted molar refractivity (Wildman–Crippen MR) is 146 cm³/mol. The Kier molecular flexibility index (Phi) is 6.98. The van der Waals surface area contributed by atoms with Crippen molar-refractivity contribution in [3.05, 3.63) is 35.8 Å². The van der Waals surface area contributed by atoms with Crippen molar-refractivity contribution in [3.8, 4) is 0 Å². The fourth-order valence-electron chi connectivity index (χ4n) is 9.56. The van der Waals surface area contributed by atoms with E-state index in [1.807, 2.05) is 19.9 Å². The number of cyclic esters (lactones) is 1. The Labute approximate surface area is 241 Å². The molecule has 41 heavy (non-hydrogen) atoms. The Morgan fingerprint density at radius 1 is 0.829 bits per heavy atom. The first-order valence-electron chi connectivity index (χ1n) is 14.5. The van der Waals surface area contributed by atoms with Crippen molar-refractivity contribution < 1.29 is 42.5 Å². The molecule has 0 radical (unpaired) electrons. The van der Waals surface area contributed by atoms with Gasteiger partial charge in [-0.25, -0.2) is 0 Å². The first kappa shape index (κ1) is 29.4. The van der Waals surface area contributed by atoms with E-state index in [-0.39, 0.29) is 30.1 Å². The number of furan rings is 1. The van der Waals surface area contributed by atoms with Gasteiger partial charge in [-0.2, -0.15) is 0 Å². The van der Waals surface area contributed by atoms with E-state index in [1.54, 1.807) is 12.5 Å². The summed E-state index contributed by atoms with van der Waals surface area (Å²) in [6, 6.07) is 1.95. The molecule has 0 aromatic carbocycles. The number of hydrogen-bond acceptors (Lipinski definition) is 9. The van der Waals surface area contributed by atoms with Crippen LogP contribution in [0.5, 0.6) is 0 Å². The van der Waals surface area contributed by atoms with Crippen molar-refractivity contribution in [2.75, 3.05) is 0 Å². The van der Waals surface area contributed by atoms with E-state index in [0.29, 0.717) is 19.3 Å². The summed E-state index contributed by atoms with van der Waals surface area (Å²) in [5.41, 5.74) is -1.01. The fraction of sp³-hybridized carbons (Fsp3) is 0.688. The molecular formula is C32H42O9. The smallest absolute Gasteiger partial charge is 0.310 e. The number of carbonyl (C=O) groups is 4. The molecule has 0 unspecified atom stereocenters. The van der Waals surface area contributed by atoms with Crippen molar-refractivity contribution in [1.29, 1.82) is 0 Å². The molecule has 0 amide bonds.